The van der Waals surface area contributed by atoms with Crippen molar-refractivity contribution in [3.8, 4) is 0 Å². The van der Waals surface area contributed by atoms with E-state index in [9.17, 15) is 14.3 Å². The zero-order valence-electron chi connectivity index (χ0n) is 9.88. The number of benzene rings is 1. The minimum atomic E-state index is -1.32. The molecule has 0 bridgehead atoms. The monoisotopic (exact) mass is 224 g/mol. The summed E-state index contributed by atoms with van der Waals surface area (Å²) < 4.78 is 13.0. The Morgan fingerprint density at radius 2 is 2.12 bits per heavy atom. The fourth-order valence-corrected chi connectivity index (χ4v) is 1.39. The Morgan fingerprint density at radius 1 is 1.50 bits per heavy atom. The lowest BCUT2D eigenvalue weighted by Gasteiger charge is -2.20. The summed E-state index contributed by atoms with van der Waals surface area (Å²) in [6, 6.07) is 4.35. The Hall–Kier alpha value is -1.22. The van der Waals surface area contributed by atoms with Gasteiger partial charge in [-0.25, -0.2) is 4.39 Å². The van der Waals surface area contributed by atoms with Crippen LogP contribution < -0.4 is 0 Å². The molecule has 1 aromatic carbocycles. The van der Waals surface area contributed by atoms with Crippen LogP contribution in [0.1, 0.15) is 31.4 Å². The molecule has 0 spiro atoms. The van der Waals surface area contributed by atoms with Gasteiger partial charge in [0.2, 0.25) is 0 Å². The standard InChI is InChI=1S/C13H17FO2/c1-4-13(3,16)12(15)8-10-7-11(14)6-5-9(10)2/h5-7,16H,4,8H2,1-3H3. The van der Waals surface area contributed by atoms with Gasteiger partial charge in [0.05, 0.1) is 0 Å². The Balaban J connectivity index is 2.89. The van der Waals surface area contributed by atoms with Crippen LogP contribution in [0.5, 0.6) is 0 Å². The van der Waals surface area contributed by atoms with Gasteiger partial charge in [-0.1, -0.05) is 13.0 Å². The van der Waals surface area contributed by atoms with Crippen LogP contribution >= 0.6 is 0 Å². The van der Waals surface area contributed by atoms with Crippen molar-refractivity contribution in [2.24, 2.45) is 0 Å². The lowest BCUT2D eigenvalue weighted by Crippen LogP contribution is -2.35. The number of Topliss-reactive ketones (excluding diaryl/α,β-unsaturated/α-hetero) is 1. The van der Waals surface area contributed by atoms with Gasteiger partial charge in [0.25, 0.3) is 0 Å². The van der Waals surface area contributed by atoms with E-state index in [0.717, 1.165) is 5.56 Å². The Kier molecular flexibility index (Phi) is 3.81. The molecule has 2 nitrogen and oxygen atoms in total. The third kappa shape index (κ3) is 2.89. The van der Waals surface area contributed by atoms with Gasteiger partial charge in [-0.3, -0.25) is 4.79 Å². The van der Waals surface area contributed by atoms with Crippen LogP contribution in [0.15, 0.2) is 18.2 Å². The summed E-state index contributed by atoms with van der Waals surface area (Å²) in [6.45, 7) is 5.06. The smallest absolute Gasteiger partial charge is 0.168 e. The van der Waals surface area contributed by atoms with Gasteiger partial charge in [0.15, 0.2) is 5.78 Å². The Morgan fingerprint density at radius 3 is 2.69 bits per heavy atom. The van der Waals surface area contributed by atoms with Crippen LogP contribution in [0.2, 0.25) is 0 Å². The maximum atomic E-state index is 13.0. The molecule has 1 atom stereocenters. The molecule has 88 valence electrons. The first-order chi connectivity index (χ1) is 7.36. The zero-order chi connectivity index (χ0) is 12.3. The Labute approximate surface area is 95.1 Å². The quantitative estimate of drug-likeness (QED) is 0.852. The number of carbonyl (C=O) groups is 1. The third-order valence-electron chi connectivity index (χ3n) is 2.95. The maximum Gasteiger partial charge on any atom is 0.168 e. The van der Waals surface area contributed by atoms with Gasteiger partial charge in [-0.2, -0.15) is 0 Å². The number of hydrogen-bond donors (Lipinski definition) is 1. The van der Waals surface area contributed by atoms with Gasteiger partial charge in [0, 0.05) is 6.42 Å². The van der Waals surface area contributed by atoms with Crippen LogP contribution in [0.4, 0.5) is 4.39 Å². The highest BCUT2D eigenvalue weighted by molar-refractivity contribution is 5.88. The van der Waals surface area contributed by atoms with Crippen molar-refractivity contribution in [3.63, 3.8) is 0 Å². The molecule has 0 aliphatic heterocycles. The van der Waals surface area contributed by atoms with Crippen LogP contribution in [0.25, 0.3) is 0 Å². The fraction of sp³-hybridized carbons (Fsp3) is 0.462. The lowest BCUT2D eigenvalue weighted by molar-refractivity contribution is -0.135. The van der Waals surface area contributed by atoms with Crippen molar-refractivity contribution in [3.05, 3.63) is 35.1 Å². The highest BCUT2D eigenvalue weighted by Crippen LogP contribution is 2.17. The second-order valence-corrected chi connectivity index (χ2v) is 4.30. The molecule has 0 saturated carbocycles. The summed E-state index contributed by atoms with van der Waals surface area (Å²) in [4.78, 5) is 11.8. The van der Waals surface area contributed by atoms with E-state index >= 15 is 0 Å². The van der Waals surface area contributed by atoms with E-state index in [4.69, 9.17) is 0 Å². The molecule has 0 aliphatic carbocycles. The largest absolute Gasteiger partial charge is 0.382 e. The number of ketones is 1. The molecule has 3 heteroatoms. The number of hydrogen-bond acceptors (Lipinski definition) is 2. The summed E-state index contributed by atoms with van der Waals surface area (Å²) in [5, 5.41) is 9.77. The van der Waals surface area contributed by atoms with E-state index in [1.54, 1.807) is 13.0 Å². The maximum absolute atomic E-state index is 13.0. The Bertz CT molecular complexity index is 397. The topological polar surface area (TPSA) is 37.3 Å². The number of carbonyl (C=O) groups excluding carboxylic acids is 1. The van der Waals surface area contributed by atoms with Crippen molar-refractivity contribution in [1.29, 1.82) is 0 Å². The molecule has 0 saturated heterocycles. The summed E-state index contributed by atoms with van der Waals surface area (Å²) in [7, 11) is 0. The number of aliphatic hydroxyl groups is 1. The molecular weight excluding hydrogens is 207 g/mol. The second kappa shape index (κ2) is 4.74. The summed E-state index contributed by atoms with van der Waals surface area (Å²) in [5.41, 5.74) is 0.180. The lowest BCUT2D eigenvalue weighted by atomic mass is 9.91. The predicted octanol–water partition coefficient (Wildman–Crippen LogP) is 2.41. The fourth-order valence-electron chi connectivity index (χ4n) is 1.39. The van der Waals surface area contributed by atoms with Gasteiger partial charge >= 0.3 is 0 Å². The van der Waals surface area contributed by atoms with Gasteiger partial charge in [-0.15, -0.1) is 0 Å². The molecule has 0 aliphatic rings. The molecule has 16 heavy (non-hydrogen) atoms. The van der Waals surface area contributed by atoms with Crippen LogP contribution in [-0.4, -0.2) is 16.5 Å². The molecule has 1 unspecified atom stereocenters. The minimum absolute atomic E-state index is 0.0738. The van der Waals surface area contributed by atoms with Crippen molar-refractivity contribution in [2.45, 2.75) is 39.2 Å². The first kappa shape index (κ1) is 12.8. The third-order valence-corrected chi connectivity index (χ3v) is 2.95. The number of rotatable bonds is 4. The van der Waals surface area contributed by atoms with E-state index in [2.05, 4.69) is 0 Å². The molecule has 0 heterocycles. The van der Waals surface area contributed by atoms with Crippen molar-refractivity contribution in [2.75, 3.05) is 0 Å². The number of aryl methyl sites for hydroxylation is 1. The average Bonchev–Trinajstić information content (AvgIpc) is 2.23. The SMILES string of the molecule is CCC(C)(O)C(=O)Cc1cc(F)ccc1C. The van der Waals surface area contributed by atoms with Crippen molar-refractivity contribution < 1.29 is 14.3 Å². The molecule has 0 radical (unpaired) electrons. The molecular formula is C13H17FO2. The molecule has 1 N–H and O–H groups in total. The molecule has 0 amide bonds. The normalized spacial score (nSPS) is 14.6. The zero-order valence-corrected chi connectivity index (χ0v) is 9.88. The van der Waals surface area contributed by atoms with E-state index in [1.165, 1.54) is 19.1 Å². The van der Waals surface area contributed by atoms with Gasteiger partial charge in [0.1, 0.15) is 11.4 Å². The predicted molar refractivity (Wildman–Crippen MR) is 60.8 cm³/mol. The summed E-state index contributed by atoms with van der Waals surface area (Å²) in [5.74, 6) is -0.631. The van der Waals surface area contributed by atoms with E-state index in [-0.39, 0.29) is 18.0 Å². The number of halogens is 1. The van der Waals surface area contributed by atoms with Crippen LogP contribution in [-0.2, 0) is 11.2 Å². The van der Waals surface area contributed by atoms with Gasteiger partial charge in [-0.05, 0) is 43.5 Å². The highest BCUT2D eigenvalue weighted by Gasteiger charge is 2.27. The van der Waals surface area contributed by atoms with E-state index in [0.29, 0.717) is 12.0 Å². The first-order valence-electron chi connectivity index (χ1n) is 5.37. The average molecular weight is 224 g/mol. The minimum Gasteiger partial charge on any atom is -0.382 e. The van der Waals surface area contributed by atoms with E-state index in [1.807, 2.05) is 6.92 Å². The second-order valence-electron chi connectivity index (χ2n) is 4.30. The molecule has 1 aromatic rings. The van der Waals surface area contributed by atoms with Crippen LogP contribution in [0, 0.1) is 12.7 Å². The summed E-state index contributed by atoms with van der Waals surface area (Å²) in [6.07, 6.45) is 0.435. The molecule has 0 aromatic heterocycles. The van der Waals surface area contributed by atoms with E-state index < -0.39 is 5.60 Å². The van der Waals surface area contributed by atoms with Crippen molar-refractivity contribution in [1.82, 2.24) is 0 Å². The first-order valence-corrected chi connectivity index (χ1v) is 5.37. The van der Waals surface area contributed by atoms with Crippen LogP contribution in [0.3, 0.4) is 0 Å². The van der Waals surface area contributed by atoms with Gasteiger partial charge < -0.3 is 5.11 Å². The summed E-state index contributed by atoms with van der Waals surface area (Å²) >= 11 is 0. The molecule has 0 fully saturated rings. The molecule has 1 rings (SSSR count). The van der Waals surface area contributed by atoms with Crippen molar-refractivity contribution >= 4 is 5.78 Å². The highest BCUT2D eigenvalue weighted by atomic mass is 19.1.